The van der Waals surface area contributed by atoms with Crippen molar-refractivity contribution in [3.05, 3.63) is 108 Å². The highest BCUT2D eigenvalue weighted by molar-refractivity contribution is 6.30. The van der Waals surface area contributed by atoms with E-state index in [0.717, 1.165) is 0 Å². The molecule has 8 nitrogen and oxygen atoms in total. The smallest absolute Gasteiger partial charge is 0.306 e. The van der Waals surface area contributed by atoms with Gasteiger partial charge in [0.1, 0.15) is 23.0 Å². The van der Waals surface area contributed by atoms with Crippen molar-refractivity contribution >= 4 is 40.8 Å². The van der Waals surface area contributed by atoms with Crippen molar-refractivity contribution < 1.29 is 28.6 Å². The predicted molar refractivity (Wildman–Crippen MR) is 148 cm³/mol. The van der Waals surface area contributed by atoms with E-state index >= 15 is 0 Å². The van der Waals surface area contributed by atoms with Crippen molar-refractivity contribution in [2.24, 2.45) is 0 Å². The van der Waals surface area contributed by atoms with Crippen molar-refractivity contribution in [2.45, 2.75) is 12.8 Å². The molecule has 0 aliphatic rings. The van der Waals surface area contributed by atoms with E-state index in [1.807, 2.05) is 30.3 Å². The molecule has 0 saturated heterocycles. The van der Waals surface area contributed by atoms with E-state index in [9.17, 15) is 14.4 Å². The SMILES string of the molecule is O=C(CCC(=O)OCC(=O)Nc1ccc(Oc2ccccc2)cc1)Nc1ccc(Oc2ccc(Cl)cc2)cc1. The molecule has 0 heterocycles. The van der Waals surface area contributed by atoms with Gasteiger partial charge in [-0.3, -0.25) is 14.4 Å². The van der Waals surface area contributed by atoms with Crippen LogP contribution in [0.4, 0.5) is 11.4 Å². The number of carbonyl (C=O) groups is 3. The van der Waals surface area contributed by atoms with Crippen LogP contribution >= 0.6 is 11.6 Å². The summed E-state index contributed by atoms with van der Waals surface area (Å²) in [6.45, 7) is -0.461. The van der Waals surface area contributed by atoms with Crippen LogP contribution in [0, 0.1) is 0 Å². The maximum absolute atomic E-state index is 12.2. The number of anilines is 2. The van der Waals surface area contributed by atoms with Crippen LogP contribution < -0.4 is 20.1 Å². The van der Waals surface area contributed by atoms with E-state index in [-0.39, 0.29) is 18.7 Å². The molecule has 0 fully saturated rings. The minimum absolute atomic E-state index is 0.0909. The van der Waals surface area contributed by atoms with E-state index in [4.69, 9.17) is 25.8 Å². The molecule has 0 atom stereocenters. The van der Waals surface area contributed by atoms with Crippen LogP contribution in [-0.2, 0) is 19.1 Å². The van der Waals surface area contributed by atoms with Crippen LogP contribution in [0.5, 0.6) is 23.0 Å². The Kier molecular flexibility index (Phi) is 9.52. The number of nitrogens with one attached hydrogen (secondary N) is 2. The molecule has 39 heavy (non-hydrogen) atoms. The zero-order valence-corrected chi connectivity index (χ0v) is 21.5. The summed E-state index contributed by atoms with van der Waals surface area (Å²) in [5.74, 6) is 1.03. The summed E-state index contributed by atoms with van der Waals surface area (Å²) >= 11 is 5.87. The molecule has 0 aliphatic heterocycles. The molecule has 0 saturated carbocycles. The quantitative estimate of drug-likeness (QED) is 0.201. The number of hydrogen-bond donors (Lipinski definition) is 2. The lowest BCUT2D eigenvalue weighted by molar-refractivity contribution is -0.147. The number of para-hydroxylation sites is 1. The molecule has 0 unspecified atom stereocenters. The van der Waals surface area contributed by atoms with Crippen LogP contribution in [0.15, 0.2) is 103 Å². The third-order valence-electron chi connectivity index (χ3n) is 5.22. The van der Waals surface area contributed by atoms with Gasteiger partial charge in [0, 0.05) is 22.8 Å². The van der Waals surface area contributed by atoms with Gasteiger partial charge in [-0.05, 0) is 84.9 Å². The van der Waals surface area contributed by atoms with Crippen molar-refractivity contribution in [2.75, 3.05) is 17.2 Å². The van der Waals surface area contributed by atoms with Gasteiger partial charge in [-0.15, -0.1) is 0 Å². The van der Waals surface area contributed by atoms with Crippen LogP contribution in [0.1, 0.15) is 12.8 Å². The Morgan fingerprint density at radius 1 is 0.564 bits per heavy atom. The summed E-state index contributed by atoms with van der Waals surface area (Å²) in [6.07, 6.45) is -0.255. The van der Waals surface area contributed by atoms with E-state index in [1.54, 1.807) is 72.8 Å². The Bertz CT molecular complexity index is 1390. The summed E-state index contributed by atoms with van der Waals surface area (Å²) in [7, 11) is 0. The molecule has 198 valence electrons. The second kappa shape index (κ2) is 13.6. The Labute approximate surface area is 230 Å². The number of hydrogen-bond acceptors (Lipinski definition) is 6. The first-order valence-corrected chi connectivity index (χ1v) is 12.4. The number of esters is 1. The molecule has 4 aromatic carbocycles. The third kappa shape index (κ3) is 9.21. The molecule has 9 heteroatoms. The maximum atomic E-state index is 12.2. The monoisotopic (exact) mass is 544 g/mol. The van der Waals surface area contributed by atoms with Crippen LogP contribution in [0.3, 0.4) is 0 Å². The molecule has 0 radical (unpaired) electrons. The average molecular weight is 545 g/mol. The number of rotatable bonds is 11. The fourth-order valence-electron chi connectivity index (χ4n) is 3.33. The van der Waals surface area contributed by atoms with Crippen LogP contribution in [0.2, 0.25) is 5.02 Å². The normalized spacial score (nSPS) is 10.3. The molecule has 2 N–H and O–H groups in total. The van der Waals surface area contributed by atoms with E-state index in [0.29, 0.717) is 39.4 Å². The molecule has 0 spiro atoms. The maximum Gasteiger partial charge on any atom is 0.306 e. The average Bonchev–Trinajstić information content (AvgIpc) is 2.95. The Balaban J connectivity index is 1.13. The first-order chi connectivity index (χ1) is 18.9. The van der Waals surface area contributed by atoms with Gasteiger partial charge in [0.15, 0.2) is 6.61 Å². The van der Waals surface area contributed by atoms with Gasteiger partial charge in [0.25, 0.3) is 5.91 Å². The number of amides is 2. The van der Waals surface area contributed by atoms with Crippen molar-refractivity contribution in [3.63, 3.8) is 0 Å². The molecular formula is C30H25ClN2O6. The lowest BCUT2D eigenvalue weighted by Gasteiger charge is -2.09. The van der Waals surface area contributed by atoms with Gasteiger partial charge >= 0.3 is 5.97 Å². The van der Waals surface area contributed by atoms with Gasteiger partial charge < -0.3 is 24.8 Å². The molecule has 4 aromatic rings. The molecule has 4 rings (SSSR count). The standard InChI is InChI=1S/C30H25ClN2O6/c31-21-6-12-25(13-7-21)39-27-14-8-22(9-15-27)32-28(34)18-19-30(36)37-20-29(35)33-23-10-16-26(17-11-23)38-24-4-2-1-3-5-24/h1-17H,18-20H2,(H,32,34)(H,33,35). The highest BCUT2D eigenvalue weighted by Gasteiger charge is 2.11. The van der Waals surface area contributed by atoms with Crippen molar-refractivity contribution in [1.29, 1.82) is 0 Å². The Hall–Kier alpha value is -4.82. The number of ether oxygens (including phenoxy) is 3. The van der Waals surface area contributed by atoms with Gasteiger partial charge in [0.05, 0.1) is 6.42 Å². The zero-order chi connectivity index (χ0) is 27.5. The third-order valence-corrected chi connectivity index (χ3v) is 5.48. The van der Waals surface area contributed by atoms with Gasteiger partial charge in [-0.25, -0.2) is 0 Å². The lowest BCUT2D eigenvalue weighted by atomic mass is 10.2. The zero-order valence-electron chi connectivity index (χ0n) is 20.8. The summed E-state index contributed by atoms with van der Waals surface area (Å²) in [5, 5.41) is 5.96. The minimum atomic E-state index is -0.654. The highest BCUT2D eigenvalue weighted by Crippen LogP contribution is 2.25. The minimum Gasteiger partial charge on any atom is -0.457 e. The Morgan fingerprint density at radius 2 is 1.03 bits per heavy atom. The second-order valence-electron chi connectivity index (χ2n) is 8.28. The highest BCUT2D eigenvalue weighted by atomic mass is 35.5. The molecular weight excluding hydrogens is 520 g/mol. The fourth-order valence-corrected chi connectivity index (χ4v) is 3.46. The summed E-state index contributed by atoms with van der Waals surface area (Å²) in [4.78, 5) is 36.3. The van der Waals surface area contributed by atoms with Crippen LogP contribution in [0.25, 0.3) is 0 Å². The van der Waals surface area contributed by atoms with E-state index in [2.05, 4.69) is 10.6 Å². The number of carbonyl (C=O) groups excluding carboxylic acids is 3. The summed E-state index contributed by atoms with van der Waals surface area (Å²) in [5.41, 5.74) is 1.08. The first kappa shape index (κ1) is 27.2. The molecule has 0 bridgehead atoms. The number of halogens is 1. The summed E-state index contributed by atoms with van der Waals surface area (Å²) < 4.78 is 16.4. The van der Waals surface area contributed by atoms with Crippen LogP contribution in [-0.4, -0.2) is 24.4 Å². The predicted octanol–water partition coefficient (Wildman–Crippen LogP) is 6.83. The second-order valence-corrected chi connectivity index (χ2v) is 8.71. The Morgan fingerprint density at radius 3 is 1.56 bits per heavy atom. The molecule has 2 amide bonds. The molecule has 0 aromatic heterocycles. The summed E-state index contributed by atoms with van der Waals surface area (Å²) in [6, 6.07) is 29.9. The first-order valence-electron chi connectivity index (χ1n) is 12.0. The van der Waals surface area contributed by atoms with E-state index < -0.39 is 18.5 Å². The lowest BCUT2D eigenvalue weighted by Crippen LogP contribution is -2.21. The topological polar surface area (TPSA) is 103 Å². The largest absolute Gasteiger partial charge is 0.457 e. The number of benzene rings is 4. The van der Waals surface area contributed by atoms with Gasteiger partial charge in [-0.2, -0.15) is 0 Å². The van der Waals surface area contributed by atoms with Crippen molar-refractivity contribution in [1.82, 2.24) is 0 Å². The fraction of sp³-hybridized carbons (Fsp3) is 0.100. The van der Waals surface area contributed by atoms with E-state index in [1.165, 1.54) is 0 Å². The van der Waals surface area contributed by atoms with Gasteiger partial charge in [-0.1, -0.05) is 29.8 Å². The molecule has 0 aliphatic carbocycles. The van der Waals surface area contributed by atoms with Crippen molar-refractivity contribution in [3.8, 4) is 23.0 Å². The van der Waals surface area contributed by atoms with Gasteiger partial charge in [0.2, 0.25) is 5.91 Å².